The lowest BCUT2D eigenvalue weighted by atomic mass is 9.44. The second-order valence-electron chi connectivity index (χ2n) is 2.52. The van der Waals surface area contributed by atoms with Crippen molar-refractivity contribution in [3.05, 3.63) is 0 Å². The highest BCUT2D eigenvalue weighted by atomic mass is 36.0. The number of hydrogen-bond acceptors (Lipinski definition) is 0. The third-order valence-corrected chi connectivity index (χ3v) is 1.73. The van der Waals surface area contributed by atoms with Crippen LogP contribution in [0.1, 0.15) is 20.8 Å². The van der Waals surface area contributed by atoms with Gasteiger partial charge in [-0.1, -0.05) is 39.7 Å². The van der Waals surface area contributed by atoms with Crippen molar-refractivity contribution in [2.75, 3.05) is 0 Å². The summed E-state index contributed by atoms with van der Waals surface area (Å²) in [5.74, 6) is 0. The average Bonchev–Trinajstić information content (AvgIpc) is 1.88. The van der Waals surface area contributed by atoms with Gasteiger partial charge in [0.15, 0.2) is 0 Å². The van der Waals surface area contributed by atoms with Crippen LogP contribution in [-0.2, 0) is 0 Å². The number of halogens is 4. The highest BCUT2D eigenvalue weighted by Gasteiger charge is 2.19. The predicted octanol–water partition coefficient (Wildman–Crippen LogP) is 4.92. The molecule has 74 valence electrons. The molecule has 0 nitrogen and oxygen atoms in total. The van der Waals surface area contributed by atoms with E-state index in [1.165, 1.54) is 19.0 Å². The monoisotopic (exact) mass is 266 g/mol. The van der Waals surface area contributed by atoms with Gasteiger partial charge in [-0.3, -0.25) is 0 Å². The van der Waals surface area contributed by atoms with E-state index in [2.05, 4.69) is 20.8 Å². The minimum atomic E-state index is -2.72. The molecular formula is C6H15BCl4Si. The third-order valence-electron chi connectivity index (χ3n) is 1.73. The van der Waals surface area contributed by atoms with Gasteiger partial charge in [-0.25, -0.2) is 0 Å². The van der Waals surface area contributed by atoms with Crippen molar-refractivity contribution < 1.29 is 0 Å². The molecule has 0 N–H and O–H groups in total. The van der Waals surface area contributed by atoms with Gasteiger partial charge < -0.3 is 0 Å². The summed E-state index contributed by atoms with van der Waals surface area (Å²) in [6.45, 7) is 7.77. The minimum Gasteiger partial charge on any atom is -0.110 e. The van der Waals surface area contributed by atoms with Gasteiger partial charge in [-0.2, -0.15) is 0 Å². The zero-order valence-electron chi connectivity index (χ0n) is 7.71. The molecule has 0 aromatic rings. The van der Waals surface area contributed by atoms with E-state index in [-0.39, 0.29) is 0 Å². The van der Waals surface area contributed by atoms with Crippen LogP contribution in [0.2, 0.25) is 19.0 Å². The second kappa shape index (κ2) is 9.01. The molecular weight excluding hydrogens is 253 g/mol. The van der Waals surface area contributed by atoms with Gasteiger partial charge in [0.25, 0.3) is 0 Å². The topological polar surface area (TPSA) is 0 Å². The van der Waals surface area contributed by atoms with Crippen molar-refractivity contribution in [1.29, 1.82) is 0 Å². The maximum atomic E-state index is 4.97. The van der Waals surface area contributed by atoms with Gasteiger partial charge in [0.1, 0.15) is 6.71 Å². The maximum absolute atomic E-state index is 4.97. The Morgan fingerprint density at radius 2 is 1.00 bits per heavy atom. The standard InChI is InChI=1S/C6H15B.Cl4Si/c1-4-7(5-2)6-3;1-5(2,3)4/h4-6H2,1-3H3;. The van der Waals surface area contributed by atoms with Crippen LogP contribution in [0.5, 0.6) is 0 Å². The molecule has 0 atom stereocenters. The number of rotatable bonds is 3. The van der Waals surface area contributed by atoms with Gasteiger partial charge in [-0.05, 0) is 0 Å². The molecule has 0 fully saturated rings. The van der Waals surface area contributed by atoms with E-state index in [0.717, 1.165) is 6.71 Å². The van der Waals surface area contributed by atoms with E-state index >= 15 is 0 Å². The summed E-state index contributed by atoms with van der Waals surface area (Å²) in [6.07, 6.45) is 4.06. The lowest BCUT2D eigenvalue weighted by Crippen LogP contribution is -2.04. The van der Waals surface area contributed by atoms with Crippen LogP contribution in [0.3, 0.4) is 0 Å². The first kappa shape index (κ1) is 15.9. The van der Waals surface area contributed by atoms with Crippen molar-refractivity contribution in [3.63, 3.8) is 0 Å². The Morgan fingerprint density at radius 3 is 1.00 bits per heavy atom. The highest BCUT2D eigenvalue weighted by molar-refractivity contribution is 7.81. The van der Waals surface area contributed by atoms with E-state index in [1.54, 1.807) is 0 Å². The van der Waals surface area contributed by atoms with E-state index in [4.69, 9.17) is 44.3 Å². The van der Waals surface area contributed by atoms with Crippen LogP contribution >= 0.6 is 44.3 Å². The largest absolute Gasteiger partial charge is 0.440 e. The summed E-state index contributed by atoms with van der Waals surface area (Å²) < 4.78 is 0. The zero-order chi connectivity index (χ0) is 10.2. The molecule has 0 saturated heterocycles. The maximum Gasteiger partial charge on any atom is 0.440 e. The molecule has 0 aliphatic heterocycles. The van der Waals surface area contributed by atoms with Gasteiger partial charge in [-0.15, -0.1) is 44.3 Å². The lowest BCUT2D eigenvalue weighted by molar-refractivity contribution is 1.24. The fourth-order valence-electron chi connectivity index (χ4n) is 0.866. The first-order valence-electron chi connectivity index (χ1n) is 4.10. The minimum absolute atomic E-state index is 0.986. The van der Waals surface area contributed by atoms with E-state index in [0.29, 0.717) is 0 Å². The van der Waals surface area contributed by atoms with Crippen molar-refractivity contribution in [2.45, 2.75) is 39.7 Å². The van der Waals surface area contributed by atoms with Crippen LogP contribution in [0.4, 0.5) is 0 Å². The smallest absolute Gasteiger partial charge is 0.110 e. The van der Waals surface area contributed by atoms with Crippen LogP contribution in [0.15, 0.2) is 0 Å². The SMILES string of the molecule is CCB(CC)CC.Cl[Si](Cl)(Cl)Cl. The molecule has 6 heteroatoms. The summed E-state index contributed by atoms with van der Waals surface area (Å²) >= 11 is 19.9. The summed E-state index contributed by atoms with van der Waals surface area (Å²) in [7, 11) is 0. The molecule has 0 heterocycles. The fourth-order valence-corrected chi connectivity index (χ4v) is 0.866. The molecule has 0 amide bonds. The molecule has 0 aromatic carbocycles. The Balaban J connectivity index is 0. The van der Waals surface area contributed by atoms with E-state index in [9.17, 15) is 0 Å². The van der Waals surface area contributed by atoms with E-state index in [1.807, 2.05) is 0 Å². The molecule has 0 aromatic heterocycles. The molecule has 0 rings (SSSR count). The molecule has 0 bridgehead atoms. The zero-order valence-corrected chi connectivity index (χ0v) is 11.7. The first-order valence-corrected chi connectivity index (χ1v) is 10.1. The summed E-state index contributed by atoms with van der Waals surface area (Å²) in [4.78, 5) is 0. The van der Waals surface area contributed by atoms with Gasteiger partial charge in [0.05, 0.1) is 0 Å². The summed E-state index contributed by atoms with van der Waals surface area (Å²) in [6, 6.07) is 0. The van der Waals surface area contributed by atoms with Gasteiger partial charge in [0.2, 0.25) is 0 Å². The van der Waals surface area contributed by atoms with Crippen molar-refractivity contribution in [3.8, 4) is 0 Å². The summed E-state index contributed by atoms with van der Waals surface area (Å²) in [5.41, 5.74) is 0. The lowest BCUT2D eigenvalue weighted by Gasteiger charge is -2.00. The average molecular weight is 268 g/mol. The summed E-state index contributed by atoms with van der Waals surface area (Å²) in [5, 5.41) is -2.72. The van der Waals surface area contributed by atoms with E-state index < -0.39 is 5.31 Å². The molecule has 12 heavy (non-hydrogen) atoms. The molecule has 0 aliphatic carbocycles. The number of hydrogen-bond donors (Lipinski definition) is 0. The molecule has 0 aliphatic rings. The molecule has 0 spiro atoms. The Morgan fingerprint density at radius 1 is 0.833 bits per heavy atom. The molecule has 0 radical (unpaired) electrons. The van der Waals surface area contributed by atoms with Crippen molar-refractivity contribution in [2.24, 2.45) is 0 Å². The van der Waals surface area contributed by atoms with Crippen LogP contribution in [0.25, 0.3) is 0 Å². The third kappa shape index (κ3) is 22.5. The predicted molar refractivity (Wildman–Crippen MR) is 66.4 cm³/mol. The normalized spacial score (nSPS) is 10.2. The quantitative estimate of drug-likeness (QED) is 0.503. The van der Waals surface area contributed by atoms with Crippen LogP contribution < -0.4 is 0 Å². The Kier molecular flexibility index (Phi) is 11.9. The Bertz CT molecular complexity index is 80.5. The highest BCUT2D eigenvalue weighted by Crippen LogP contribution is 2.23. The van der Waals surface area contributed by atoms with Gasteiger partial charge in [0, 0.05) is 0 Å². The second-order valence-corrected chi connectivity index (χ2v) is 13.7. The Labute approximate surface area is 95.8 Å². The molecule has 0 saturated carbocycles. The fraction of sp³-hybridized carbons (Fsp3) is 1.00. The van der Waals surface area contributed by atoms with Crippen LogP contribution in [-0.4, -0.2) is 12.0 Å². The first-order chi connectivity index (χ1) is 5.35. The van der Waals surface area contributed by atoms with Crippen molar-refractivity contribution in [1.82, 2.24) is 0 Å². The van der Waals surface area contributed by atoms with Crippen molar-refractivity contribution >= 4 is 56.3 Å². The van der Waals surface area contributed by atoms with Crippen LogP contribution in [0, 0.1) is 0 Å². The molecule has 0 unspecified atom stereocenters. The van der Waals surface area contributed by atoms with Gasteiger partial charge >= 0.3 is 5.31 Å². The Hall–Kier alpha value is 1.44.